The third-order valence-electron chi connectivity index (χ3n) is 3.41. The number of anilines is 2. The highest BCUT2D eigenvalue weighted by atomic mass is 16.5. The van der Waals surface area contributed by atoms with Gasteiger partial charge in [-0.25, -0.2) is 9.97 Å². The van der Waals surface area contributed by atoms with Crippen LogP contribution in [0.1, 0.15) is 24.3 Å². The molecule has 0 aliphatic carbocycles. The van der Waals surface area contributed by atoms with Gasteiger partial charge in [-0.15, -0.1) is 0 Å². The number of nitrogens with zero attached hydrogens (tertiary/aromatic N) is 2. The van der Waals surface area contributed by atoms with Gasteiger partial charge in [-0.2, -0.15) is 0 Å². The summed E-state index contributed by atoms with van der Waals surface area (Å²) >= 11 is 0. The molecule has 1 aromatic heterocycles. The molecule has 6 heteroatoms. The average Bonchev–Trinajstić information content (AvgIpc) is 2.64. The largest absolute Gasteiger partial charge is 0.455 e. The molecule has 1 amide bonds. The summed E-state index contributed by atoms with van der Waals surface area (Å²) in [6.07, 6.45) is 1.55. The van der Waals surface area contributed by atoms with Gasteiger partial charge in [0, 0.05) is 12.2 Å². The van der Waals surface area contributed by atoms with Crippen molar-refractivity contribution in [1.82, 2.24) is 15.3 Å². The standard InChI is InChI=1S/C20H20N4O2/c1-14(2)22-19(25)17-12-13-21-20(24-17)23-16-10-6-7-11-18(16)26-15-8-4-3-5-9-15/h3-14H,1-2H3,(H,22,25)(H,21,23,24). The smallest absolute Gasteiger partial charge is 0.270 e. The lowest BCUT2D eigenvalue weighted by Crippen LogP contribution is -2.30. The molecule has 0 aliphatic heterocycles. The van der Waals surface area contributed by atoms with Crippen LogP contribution < -0.4 is 15.4 Å². The van der Waals surface area contributed by atoms with E-state index in [0.717, 1.165) is 5.75 Å². The SMILES string of the molecule is CC(C)NC(=O)c1ccnc(Nc2ccccc2Oc2ccccc2)n1. The van der Waals surface area contributed by atoms with Crippen LogP contribution in [0, 0.1) is 0 Å². The van der Waals surface area contributed by atoms with E-state index in [9.17, 15) is 4.79 Å². The van der Waals surface area contributed by atoms with Gasteiger partial charge in [0.25, 0.3) is 5.91 Å². The Morgan fingerprint density at radius 3 is 2.50 bits per heavy atom. The van der Waals surface area contributed by atoms with Gasteiger partial charge in [0.1, 0.15) is 11.4 Å². The Kier molecular flexibility index (Phi) is 5.43. The van der Waals surface area contributed by atoms with Crippen molar-refractivity contribution in [3.8, 4) is 11.5 Å². The molecule has 0 spiro atoms. The first-order valence-electron chi connectivity index (χ1n) is 8.34. The van der Waals surface area contributed by atoms with Crippen LogP contribution >= 0.6 is 0 Å². The molecule has 3 rings (SSSR count). The van der Waals surface area contributed by atoms with Crippen LogP contribution in [0.3, 0.4) is 0 Å². The summed E-state index contributed by atoms with van der Waals surface area (Å²) in [5, 5.41) is 5.93. The molecule has 2 N–H and O–H groups in total. The van der Waals surface area contributed by atoms with Gasteiger partial charge >= 0.3 is 0 Å². The van der Waals surface area contributed by atoms with Crippen molar-refractivity contribution in [2.45, 2.75) is 19.9 Å². The fourth-order valence-electron chi connectivity index (χ4n) is 2.28. The van der Waals surface area contributed by atoms with Crippen molar-refractivity contribution in [2.24, 2.45) is 0 Å². The first kappa shape index (κ1) is 17.4. The fraction of sp³-hybridized carbons (Fsp3) is 0.150. The van der Waals surface area contributed by atoms with Crippen molar-refractivity contribution in [3.63, 3.8) is 0 Å². The summed E-state index contributed by atoms with van der Waals surface area (Å²) in [5.41, 5.74) is 1.01. The quantitative estimate of drug-likeness (QED) is 0.700. The van der Waals surface area contributed by atoms with E-state index in [4.69, 9.17) is 4.74 Å². The lowest BCUT2D eigenvalue weighted by Gasteiger charge is -2.13. The second kappa shape index (κ2) is 8.11. The summed E-state index contributed by atoms with van der Waals surface area (Å²) in [6, 6.07) is 18.6. The van der Waals surface area contributed by atoms with E-state index in [0.29, 0.717) is 23.1 Å². The molecule has 0 saturated carbocycles. The highest BCUT2D eigenvalue weighted by molar-refractivity contribution is 5.92. The van der Waals surface area contributed by atoms with E-state index in [1.807, 2.05) is 68.4 Å². The predicted molar refractivity (Wildman–Crippen MR) is 101 cm³/mol. The van der Waals surface area contributed by atoms with Crippen LogP contribution in [0.25, 0.3) is 0 Å². The summed E-state index contributed by atoms with van der Waals surface area (Å²) in [7, 11) is 0. The molecule has 3 aromatic rings. The maximum atomic E-state index is 12.1. The number of hydrogen-bond donors (Lipinski definition) is 2. The lowest BCUT2D eigenvalue weighted by atomic mass is 10.3. The van der Waals surface area contributed by atoms with Gasteiger partial charge in [0.15, 0.2) is 5.75 Å². The molecule has 2 aromatic carbocycles. The van der Waals surface area contributed by atoms with Crippen molar-refractivity contribution >= 4 is 17.5 Å². The van der Waals surface area contributed by atoms with Crippen molar-refractivity contribution < 1.29 is 9.53 Å². The minimum absolute atomic E-state index is 0.0360. The van der Waals surface area contributed by atoms with E-state index < -0.39 is 0 Å². The first-order valence-corrected chi connectivity index (χ1v) is 8.34. The molecular formula is C20H20N4O2. The van der Waals surface area contributed by atoms with Gasteiger partial charge in [-0.3, -0.25) is 4.79 Å². The molecule has 26 heavy (non-hydrogen) atoms. The molecular weight excluding hydrogens is 328 g/mol. The maximum absolute atomic E-state index is 12.1. The van der Waals surface area contributed by atoms with Crippen molar-refractivity contribution in [2.75, 3.05) is 5.32 Å². The molecule has 0 aliphatic rings. The van der Waals surface area contributed by atoms with E-state index >= 15 is 0 Å². The molecule has 6 nitrogen and oxygen atoms in total. The lowest BCUT2D eigenvalue weighted by molar-refractivity contribution is 0.0938. The molecule has 0 radical (unpaired) electrons. The summed E-state index contributed by atoms with van der Waals surface area (Å²) in [5.74, 6) is 1.46. The number of aromatic nitrogens is 2. The summed E-state index contributed by atoms with van der Waals surface area (Å²) in [4.78, 5) is 20.6. The molecule has 0 bridgehead atoms. The number of para-hydroxylation sites is 3. The number of rotatable bonds is 6. The highest BCUT2D eigenvalue weighted by Crippen LogP contribution is 2.30. The fourth-order valence-corrected chi connectivity index (χ4v) is 2.28. The number of benzene rings is 2. The number of hydrogen-bond acceptors (Lipinski definition) is 5. The maximum Gasteiger partial charge on any atom is 0.270 e. The molecule has 0 atom stereocenters. The molecule has 0 saturated heterocycles. The molecule has 1 heterocycles. The van der Waals surface area contributed by atoms with Gasteiger partial charge < -0.3 is 15.4 Å². The van der Waals surface area contributed by atoms with E-state index in [-0.39, 0.29) is 11.9 Å². The van der Waals surface area contributed by atoms with Gasteiger partial charge in [0.05, 0.1) is 5.69 Å². The van der Waals surface area contributed by atoms with Crippen LogP contribution in [0.15, 0.2) is 66.9 Å². The zero-order valence-electron chi connectivity index (χ0n) is 14.6. The molecule has 0 fully saturated rings. The monoisotopic (exact) mass is 348 g/mol. The molecule has 132 valence electrons. The Balaban J connectivity index is 1.80. The summed E-state index contributed by atoms with van der Waals surface area (Å²) in [6.45, 7) is 3.80. The third-order valence-corrected chi connectivity index (χ3v) is 3.41. The Labute approximate surface area is 152 Å². The average molecular weight is 348 g/mol. The van der Waals surface area contributed by atoms with Crippen molar-refractivity contribution in [1.29, 1.82) is 0 Å². The van der Waals surface area contributed by atoms with Gasteiger partial charge in [-0.1, -0.05) is 30.3 Å². The Morgan fingerprint density at radius 2 is 1.73 bits per heavy atom. The normalized spacial score (nSPS) is 10.4. The third kappa shape index (κ3) is 4.57. The minimum atomic E-state index is -0.237. The second-order valence-electron chi connectivity index (χ2n) is 5.93. The summed E-state index contributed by atoms with van der Waals surface area (Å²) < 4.78 is 5.91. The van der Waals surface area contributed by atoms with E-state index in [1.54, 1.807) is 12.3 Å². The van der Waals surface area contributed by atoms with Crippen LogP contribution in [0.2, 0.25) is 0 Å². The highest BCUT2D eigenvalue weighted by Gasteiger charge is 2.11. The number of ether oxygens (including phenoxy) is 1. The van der Waals surface area contributed by atoms with Crippen LogP contribution in [-0.2, 0) is 0 Å². The minimum Gasteiger partial charge on any atom is -0.455 e. The number of nitrogens with one attached hydrogen (secondary N) is 2. The van der Waals surface area contributed by atoms with Crippen LogP contribution in [-0.4, -0.2) is 21.9 Å². The van der Waals surface area contributed by atoms with Crippen LogP contribution in [0.4, 0.5) is 11.6 Å². The van der Waals surface area contributed by atoms with Gasteiger partial charge in [-0.05, 0) is 44.2 Å². The zero-order chi connectivity index (χ0) is 18.4. The molecule has 0 unspecified atom stereocenters. The second-order valence-corrected chi connectivity index (χ2v) is 5.93. The van der Waals surface area contributed by atoms with E-state index in [1.165, 1.54) is 0 Å². The van der Waals surface area contributed by atoms with Gasteiger partial charge in [0.2, 0.25) is 5.95 Å². The Morgan fingerprint density at radius 1 is 1.00 bits per heavy atom. The van der Waals surface area contributed by atoms with E-state index in [2.05, 4.69) is 20.6 Å². The first-order chi connectivity index (χ1) is 12.6. The topological polar surface area (TPSA) is 76.1 Å². The number of carbonyl (C=O) groups excluding carboxylic acids is 1. The number of carbonyl (C=O) groups is 1. The number of amides is 1. The Hall–Kier alpha value is -3.41. The predicted octanol–water partition coefficient (Wildman–Crippen LogP) is 4.15. The Bertz CT molecular complexity index is 882. The van der Waals surface area contributed by atoms with Crippen molar-refractivity contribution in [3.05, 3.63) is 72.6 Å². The van der Waals surface area contributed by atoms with Crippen LogP contribution in [0.5, 0.6) is 11.5 Å². The zero-order valence-corrected chi connectivity index (χ0v) is 14.6.